The SMILES string of the molecule is COC(=O)c1cccc(N(C)Cc2ccco2)c1N. The van der Waals surface area contributed by atoms with Crippen LogP contribution in [0.3, 0.4) is 0 Å². The Morgan fingerprint density at radius 3 is 2.79 bits per heavy atom. The van der Waals surface area contributed by atoms with Crippen molar-refractivity contribution in [3.8, 4) is 0 Å². The molecule has 0 radical (unpaired) electrons. The number of ether oxygens (including phenoxy) is 1. The summed E-state index contributed by atoms with van der Waals surface area (Å²) in [6.07, 6.45) is 1.62. The summed E-state index contributed by atoms with van der Waals surface area (Å²) in [4.78, 5) is 13.5. The third-order valence-corrected chi connectivity index (χ3v) is 2.87. The lowest BCUT2D eigenvalue weighted by Crippen LogP contribution is -2.19. The highest BCUT2D eigenvalue weighted by Crippen LogP contribution is 2.27. The maximum atomic E-state index is 11.6. The second-order valence-corrected chi connectivity index (χ2v) is 4.17. The summed E-state index contributed by atoms with van der Waals surface area (Å²) in [5.41, 5.74) is 7.55. The number of nitrogen functional groups attached to an aromatic ring is 1. The van der Waals surface area contributed by atoms with E-state index in [1.165, 1.54) is 7.11 Å². The van der Waals surface area contributed by atoms with Crippen LogP contribution in [-0.2, 0) is 11.3 Å². The van der Waals surface area contributed by atoms with E-state index in [-0.39, 0.29) is 0 Å². The maximum absolute atomic E-state index is 11.6. The molecule has 2 rings (SSSR count). The van der Waals surface area contributed by atoms with E-state index in [1.807, 2.05) is 30.1 Å². The molecule has 0 atom stereocenters. The number of rotatable bonds is 4. The number of anilines is 2. The first-order valence-corrected chi connectivity index (χ1v) is 5.83. The van der Waals surface area contributed by atoms with Gasteiger partial charge in [-0.1, -0.05) is 6.07 Å². The molecule has 1 aromatic carbocycles. The van der Waals surface area contributed by atoms with Gasteiger partial charge in [-0.2, -0.15) is 0 Å². The molecule has 1 heterocycles. The summed E-state index contributed by atoms with van der Waals surface area (Å²) >= 11 is 0. The predicted molar refractivity (Wildman–Crippen MR) is 73.0 cm³/mol. The summed E-state index contributed by atoms with van der Waals surface area (Å²) in [6, 6.07) is 8.99. The van der Waals surface area contributed by atoms with Crippen LogP contribution in [0.5, 0.6) is 0 Å². The third-order valence-electron chi connectivity index (χ3n) is 2.87. The monoisotopic (exact) mass is 260 g/mol. The molecule has 100 valence electrons. The Hall–Kier alpha value is -2.43. The molecule has 0 amide bonds. The predicted octanol–water partition coefficient (Wildman–Crippen LogP) is 2.28. The quantitative estimate of drug-likeness (QED) is 0.674. The highest BCUT2D eigenvalue weighted by molar-refractivity contribution is 5.98. The molecule has 0 aliphatic heterocycles. The zero-order valence-corrected chi connectivity index (χ0v) is 10.9. The third kappa shape index (κ3) is 2.70. The average molecular weight is 260 g/mol. The molecular weight excluding hydrogens is 244 g/mol. The first kappa shape index (κ1) is 13.0. The lowest BCUT2D eigenvalue weighted by Gasteiger charge is -2.21. The van der Waals surface area contributed by atoms with Gasteiger partial charge in [0.15, 0.2) is 0 Å². The molecule has 2 N–H and O–H groups in total. The normalized spacial score (nSPS) is 10.2. The van der Waals surface area contributed by atoms with E-state index in [0.29, 0.717) is 17.8 Å². The van der Waals surface area contributed by atoms with Crippen molar-refractivity contribution in [3.63, 3.8) is 0 Å². The Morgan fingerprint density at radius 1 is 1.37 bits per heavy atom. The molecule has 5 heteroatoms. The van der Waals surface area contributed by atoms with Crippen molar-refractivity contribution in [1.29, 1.82) is 0 Å². The number of benzene rings is 1. The Labute approximate surface area is 111 Å². The maximum Gasteiger partial charge on any atom is 0.340 e. The summed E-state index contributed by atoms with van der Waals surface area (Å²) in [5, 5.41) is 0. The second kappa shape index (κ2) is 5.48. The molecule has 0 unspecified atom stereocenters. The van der Waals surface area contributed by atoms with E-state index >= 15 is 0 Å². The van der Waals surface area contributed by atoms with Crippen LogP contribution in [-0.4, -0.2) is 20.1 Å². The molecule has 0 saturated carbocycles. The number of hydrogen-bond donors (Lipinski definition) is 1. The number of methoxy groups -OCH3 is 1. The van der Waals surface area contributed by atoms with Gasteiger partial charge in [0, 0.05) is 7.05 Å². The van der Waals surface area contributed by atoms with Gasteiger partial charge in [-0.05, 0) is 24.3 Å². The van der Waals surface area contributed by atoms with Gasteiger partial charge in [0.25, 0.3) is 0 Å². The molecule has 0 saturated heterocycles. The van der Waals surface area contributed by atoms with Gasteiger partial charge in [0.05, 0.1) is 36.9 Å². The first-order chi connectivity index (χ1) is 9.13. The number of carbonyl (C=O) groups excluding carboxylic acids is 1. The van der Waals surface area contributed by atoms with Crippen LogP contribution >= 0.6 is 0 Å². The van der Waals surface area contributed by atoms with Gasteiger partial charge in [0.1, 0.15) is 5.76 Å². The Morgan fingerprint density at radius 2 is 2.16 bits per heavy atom. The van der Waals surface area contributed by atoms with Crippen LogP contribution in [0.4, 0.5) is 11.4 Å². The van der Waals surface area contributed by atoms with Gasteiger partial charge < -0.3 is 19.8 Å². The lowest BCUT2D eigenvalue weighted by atomic mass is 10.1. The summed E-state index contributed by atoms with van der Waals surface area (Å²) < 4.78 is 9.99. The topological polar surface area (TPSA) is 68.7 Å². The average Bonchev–Trinajstić information content (AvgIpc) is 2.90. The fourth-order valence-corrected chi connectivity index (χ4v) is 1.90. The molecule has 5 nitrogen and oxygen atoms in total. The molecule has 0 fully saturated rings. The number of furan rings is 1. The minimum atomic E-state index is -0.439. The first-order valence-electron chi connectivity index (χ1n) is 5.83. The number of carbonyl (C=O) groups is 1. The minimum Gasteiger partial charge on any atom is -0.467 e. The number of para-hydroxylation sites is 1. The molecule has 1 aromatic heterocycles. The van der Waals surface area contributed by atoms with E-state index in [1.54, 1.807) is 18.4 Å². The fourth-order valence-electron chi connectivity index (χ4n) is 1.90. The van der Waals surface area contributed by atoms with E-state index in [0.717, 1.165) is 11.4 Å². The van der Waals surface area contributed by atoms with Gasteiger partial charge in [-0.3, -0.25) is 0 Å². The molecule has 0 aliphatic carbocycles. The molecule has 19 heavy (non-hydrogen) atoms. The molecule has 0 spiro atoms. The van der Waals surface area contributed by atoms with Crippen molar-refractivity contribution in [2.24, 2.45) is 0 Å². The van der Waals surface area contributed by atoms with Crippen LogP contribution in [0.1, 0.15) is 16.1 Å². The van der Waals surface area contributed by atoms with Crippen molar-refractivity contribution in [1.82, 2.24) is 0 Å². The van der Waals surface area contributed by atoms with Gasteiger partial charge in [0.2, 0.25) is 0 Å². The number of nitrogens with two attached hydrogens (primary N) is 1. The Bertz CT molecular complexity index is 564. The number of hydrogen-bond acceptors (Lipinski definition) is 5. The van der Waals surface area contributed by atoms with Crippen LogP contribution < -0.4 is 10.6 Å². The van der Waals surface area contributed by atoms with Crippen molar-refractivity contribution in [2.75, 3.05) is 24.8 Å². The second-order valence-electron chi connectivity index (χ2n) is 4.17. The molecular formula is C14H16N2O3. The number of nitrogens with zero attached hydrogens (tertiary/aromatic N) is 1. The highest BCUT2D eigenvalue weighted by atomic mass is 16.5. The summed E-state index contributed by atoms with van der Waals surface area (Å²) in [5.74, 6) is 0.385. The van der Waals surface area contributed by atoms with Crippen LogP contribution in [0.25, 0.3) is 0 Å². The standard InChI is InChI=1S/C14H16N2O3/c1-16(9-10-5-4-8-19-10)12-7-3-6-11(13(12)15)14(17)18-2/h3-8H,9,15H2,1-2H3. The van der Waals surface area contributed by atoms with Crippen molar-refractivity contribution in [2.45, 2.75) is 6.54 Å². The van der Waals surface area contributed by atoms with Gasteiger partial charge in [-0.25, -0.2) is 4.79 Å². The molecule has 2 aromatic rings. The van der Waals surface area contributed by atoms with Crippen molar-refractivity contribution in [3.05, 3.63) is 47.9 Å². The Kier molecular flexibility index (Phi) is 3.75. The van der Waals surface area contributed by atoms with Crippen LogP contribution in [0, 0.1) is 0 Å². The van der Waals surface area contributed by atoms with Crippen molar-refractivity contribution >= 4 is 17.3 Å². The van der Waals surface area contributed by atoms with E-state index < -0.39 is 5.97 Å². The highest BCUT2D eigenvalue weighted by Gasteiger charge is 2.15. The zero-order chi connectivity index (χ0) is 13.8. The smallest absolute Gasteiger partial charge is 0.340 e. The largest absolute Gasteiger partial charge is 0.467 e. The minimum absolute atomic E-state index is 0.367. The van der Waals surface area contributed by atoms with Crippen LogP contribution in [0.15, 0.2) is 41.0 Å². The Balaban J connectivity index is 2.27. The van der Waals surface area contributed by atoms with E-state index in [2.05, 4.69) is 0 Å². The van der Waals surface area contributed by atoms with Gasteiger partial charge >= 0.3 is 5.97 Å². The number of esters is 1. The van der Waals surface area contributed by atoms with E-state index in [9.17, 15) is 4.79 Å². The summed E-state index contributed by atoms with van der Waals surface area (Å²) in [7, 11) is 3.22. The lowest BCUT2D eigenvalue weighted by molar-refractivity contribution is 0.0602. The zero-order valence-electron chi connectivity index (χ0n) is 10.9. The van der Waals surface area contributed by atoms with E-state index in [4.69, 9.17) is 14.9 Å². The van der Waals surface area contributed by atoms with Gasteiger partial charge in [-0.15, -0.1) is 0 Å². The summed E-state index contributed by atoms with van der Waals surface area (Å²) in [6.45, 7) is 0.571. The van der Waals surface area contributed by atoms with Crippen molar-refractivity contribution < 1.29 is 13.9 Å². The fraction of sp³-hybridized carbons (Fsp3) is 0.214. The van der Waals surface area contributed by atoms with Crippen LogP contribution in [0.2, 0.25) is 0 Å². The molecule has 0 bridgehead atoms. The molecule has 0 aliphatic rings.